The van der Waals surface area contributed by atoms with Crippen molar-refractivity contribution in [2.45, 2.75) is 19.3 Å². The Labute approximate surface area is 166 Å². The Bertz CT molecular complexity index is 1070. The molecule has 0 saturated heterocycles. The highest BCUT2D eigenvalue weighted by Crippen LogP contribution is 2.46. The molecule has 28 heavy (non-hydrogen) atoms. The van der Waals surface area contributed by atoms with Gasteiger partial charge in [0.2, 0.25) is 0 Å². The first-order valence-corrected chi connectivity index (χ1v) is 9.62. The Balaban J connectivity index is 2.06. The molecule has 0 heterocycles. The van der Waals surface area contributed by atoms with E-state index >= 15 is 0 Å². The number of hydrogen-bond acceptors (Lipinski definition) is 1. The number of aromatic hydroxyl groups is 1. The monoisotopic (exact) mass is 364 g/mol. The molecular formula is C27H24O. The van der Waals surface area contributed by atoms with Gasteiger partial charge in [-0.05, 0) is 33.9 Å². The highest BCUT2D eigenvalue weighted by molar-refractivity contribution is 5.90. The molecule has 0 radical (unpaired) electrons. The molecule has 0 aliphatic rings. The second-order valence-corrected chi connectivity index (χ2v) is 7.61. The van der Waals surface area contributed by atoms with Crippen LogP contribution in [0.1, 0.15) is 25.0 Å². The van der Waals surface area contributed by atoms with Crippen LogP contribution in [-0.2, 0) is 5.41 Å². The van der Waals surface area contributed by atoms with Crippen molar-refractivity contribution in [1.29, 1.82) is 0 Å². The Morgan fingerprint density at radius 2 is 1.00 bits per heavy atom. The molecule has 1 heteroatoms. The van der Waals surface area contributed by atoms with E-state index in [4.69, 9.17) is 0 Å². The molecule has 0 fully saturated rings. The van der Waals surface area contributed by atoms with Crippen LogP contribution in [0.2, 0.25) is 0 Å². The lowest BCUT2D eigenvalue weighted by Gasteiger charge is -2.30. The third-order valence-corrected chi connectivity index (χ3v) is 5.48. The van der Waals surface area contributed by atoms with Gasteiger partial charge in [0, 0.05) is 11.0 Å². The molecule has 1 N–H and O–H groups in total. The molecule has 0 unspecified atom stereocenters. The van der Waals surface area contributed by atoms with Crippen molar-refractivity contribution in [3.63, 3.8) is 0 Å². The Morgan fingerprint density at radius 1 is 0.536 bits per heavy atom. The van der Waals surface area contributed by atoms with Crippen molar-refractivity contribution in [2.75, 3.05) is 0 Å². The molecule has 0 saturated carbocycles. The summed E-state index contributed by atoms with van der Waals surface area (Å²) in [6.07, 6.45) is 0. The van der Waals surface area contributed by atoms with Crippen molar-refractivity contribution in [1.82, 2.24) is 0 Å². The number of benzene rings is 4. The van der Waals surface area contributed by atoms with Gasteiger partial charge in [-0.15, -0.1) is 0 Å². The van der Waals surface area contributed by atoms with E-state index in [-0.39, 0.29) is 5.41 Å². The predicted molar refractivity (Wildman–Crippen MR) is 118 cm³/mol. The van der Waals surface area contributed by atoms with Gasteiger partial charge in [0.1, 0.15) is 5.75 Å². The van der Waals surface area contributed by atoms with Gasteiger partial charge in [-0.1, -0.05) is 111 Å². The molecule has 0 aromatic heterocycles. The second kappa shape index (κ2) is 7.36. The first-order valence-electron chi connectivity index (χ1n) is 9.62. The summed E-state index contributed by atoms with van der Waals surface area (Å²) in [6.45, 7) is 4.49. The minimum atomic E-state index is -0.219. The van der Waals surface area contributed by atoms with E-state index in [1.165, 1.54) is 11.1 Å². The lowest BCUT2D eigenvalue weighted by molar-refractivity contribution is 0.477. The van der Waals surface area contributed by atoms with Gasteiger partial charge in [0.15, 0.2) is 0 Å². The molecule has 1 nitrogen and oxygen atoms in total. The van der Waals surface area contributed by atoms with Crippen LogP contribution in [0.5, 0.6) is 5.75 Å². The highest BCUT2D eigenvalue weighted by Gasteiger charge is 2.29. The molecule has 4 aromatic rings. The van der Waals surface area contributed by atoms with E-state index in [1.54, 1.807) is 0 Å². The predicted octanol–water partition coefficient (Wildman–Crippen LogP) is 7.05. The first kappa shape index (κ1) is 18.1. The molecule has 4 rings (SSSR count). The summed E-state index contributed by atoms with van der Waals surface area (Å²) < 4.78 is 0. The molecule has 0 atom stereocenters. The maximum absolute atomic E-state index is 10.9. The van der Waals surface area contributed by atoms with Crippen LogP contribution < -0.4 is 0 Å². The van der Waals surface area contributed by atoms with Crippen LogP contribution in [0.3, 0.4) is 0 Å². The largest absolute Gasteiger partial charge is 0.507 e. The summed E-state index contributed by atoms with van der Waals surface area (Å²) in [5.74, 6) is 0.303. The van der Waals surface area contributed by atoms with Gasteiger partial charge in [-0.2, -0.15) is 0 Å². The topological polar surface area (TPSA) is 20.2 Å². The summed E-state index contributed by atoms with van der Waals surface area (Å²) in [7, 11) is 0. The van der Waals surface area contributed by atoms with E-state index < -0.39 is 0 Å². The third-order valence-electron chi connectivity index (χ3n) is 5.48. The summed E-state index contributed by atoms with van der Waals surface area (Å²) in [4.78, 5) is 0. The van der Waals surface area contributed by atoms with Crippen LogP contribution in [-0.4, -0.2) is 5.11 Å². The minimum absolute atomic E-state index is 0.219. The van der Waals surface area contributed by atoms with Crippen molar-refractivity contribution in [3.05, 3.63) is 114 Å². The van der Waals surface area contributed by atoms with Crippen LogP contribution in [0.15, 0.2) is 103 Å². The molecule has 138 valence electrons. The van der Waals surface area contributed by atoms with E-state index in [0.717, 1.165) is 22.3 Å². The Kier molecular flexibility index (Phi) is 4.75. The van der Waals surface area contributed by atoms with Crippen molar-refractivity contribution in [2.24, 2.45) is 0 Å². The minimum Gasteiger partial charge on any atom is -0.507 e. The van der Waals surface area contributed by atoms with Gasteiger partial charge < -0.3 is 5.11 Å². The molecule has 0 spiro atoms. The summed E-state index contributed by atoms with van der Waals surface area (Å²) in [6, 6.07) is 34.9. The highest BCUT2D eigenvalue weighted by atomic mass is 16.3. The van der Waals surface area contributed by atoms with Gasteiger partial charge in [0.25, 0.3) is 0 Å². The van der Waals surface area contributed by atoms with Crippen LogP contribution in [0, 0.1) is 0 Å². The summed E-state index contributed by atoms with van der Waals surface area (Å²) >= 11 is 0. The van der Waals surface area contributed by atoms with Crippen LogP contribution >= 0.6 is 0 Å². The quantitative estimate of drug-likeness (QED) is 0.411. The zero-order valence-electron chi connectivity index (χ0n) is 16.3. The second-order valence-electron chi connectivity index (χ2n) is 7.61. The maximum Gasteiger partial charge on any atom is 0.124 e. The van der Waals surface area contributed by atoms with Gasteiger partial charge in [-0.3, -0.25) is 0 Å². The van der Waals surface area contributed by atoms with Crippen molar-refractivity contribution < 1.29 is 5.11 Å². The van der Waals surface area contributed by atoms with Crippen molar-refractivity contribution in [3.8, 4) is 28.0 Å². The van der Waals surface area contributed by atoms with Crippen molar-refractivity contribution >= 4 is 0 Å². The lowest BCUT2D eigenvalue weighted by Crippen LogP contribution is -2.20. The van der Waals surface area contributed by atoms with Gasteiger partial charge >= 0.3 is 0 Å². The average molecular weight is 364 g/mol. The maximum atomic E-state index is 10.9. The van der Waals surface area contributed by atoms with E-state index in [9.17, 15) is 5.11 Å². The van der Waals surface area contributed by atoms with Crippen LogP contribution in [0.4, 0.5) is 0 Å². The summed E-state index contributed by atoms with van der Waals surface area (Å²) in [5, 5.41) is 10.9. The molecule has 0 amide bonds. The molecule has 0 aliphatic heterocycles. The number of phenolic OH excluding ortho intramolecular Hbond substituents is 1. The van der Waals surface area contributed by atoms with Gasteiger partial charge in [0.05, 0.1) is 0 Å². The fourth-order valence-corrected chi connectivity index (χ4v) is 3.92. The first-order chi connectivity index (χ1) is 13.6. The number of rotatable bonds is 4. The number of hydrogen-bond donors (Lipinski definition) is 1. The zero-order valence-corrected chi connectivity index (χ0v) is 16.3. The summed E-state index contributed by atoms with van der Waals surface area (Å²) in [5.41, 5.74) is 6.32. The van der Waals surface area contributed by atoms with E-state index in [1.807, 2.05) is 48.5 Å². The average Bonchev–Trinajstić information content (AvgIpc) is 2.75. The standard InChI is InChI=1S/C27H24O/c1-27(2,22-16-10-5-11-17-22)23-18-19-24(28)26(21-14-8-4-9-15-21)25(23)20-12-6-3-7-13-20/h3-19,28H,1-2H3. The lowest BCUT2D eigenvalue weighted by atomic mass is 9.73. The van der Waals surface area contributed by atoms with E-state index in [0.29, 0.717) is 5.75 Å². The Hall–Kier alpha value is -3.32. The fraction of sp³-hybridized carbons (Fsp3) is 0.111. The normalized spacial score (nSPS) is 11.4. The fourth-order valence-electron chi connectivity index (χ4n) is 3.92. The SMILES string of the molecule is CC(C)(c1ccccc1)c1ccc(O)c(-c2ccccc2)c1-c1ccccc1. The molecule has 0 aliphatic carbocycles. The zero-order chi connectivity index (χ0) is 19.6. The molecule has 4 aromatic carbocycles. The number of phenols is 1. The van der Waals surface area contributed by atoms with Crippen LogP contribution in [0.25, 0.3) is 22.3 Å². The Morgan fingerprint density at radius 3 is 1.54 bits per heavy atom. The van der Waals surface area contributed by atoms with Gasteiger partial charge in [-0.25, -0.2) is 0 Å². The van der Waals surface area contributed by atoms with E-state index in [2.05, 4.69) is 68.4 Å². The smallest absolute Gasteiger partial charge is 0.124 e. The molecular weight excluding hydrogens is 340 g/mol. The molecule has 0 bridgehead atoms. The third kappa shape index (κ3) is 3.20.